The number of hydrogen-bond donors (Lipinski definition) is 0. The van der Waals surface area contributed by atoms with Crippen molar-refractivity contribution in [2.45, 2.75) is 52.9 Å². The molecular formula is C14H24O. The second-order valence-electron chi connectivity index (χ2n) is 5.88. The van der Waals surface area contributed by atoms with E-state index in [0.717, 1.165) is 30.6 Å². The molecule has 86 valence electrons. The summed E-state index contributed by atoms with van der Waals surface area (Å²) < 4.78 is 0. The van der Waals surface area contributed by atoms with E-state index >= 15 is 0 Å². The standard InChI is InChI=1S/C14H24O/c1-4-11-8-13(11)14(15)12-6-5-9(2)10(3)7-12/h9-13H,4-8H2,1-3H3/t9?,10?,11-,12?,13-/m1/s1. The van der Waals surface area contributed by atoms with Gasteiger partial charge in [0.05, 0.1) is 0 Å². The molecule has 2 aliphatic rings. The van der Waals surface area contributed by atoms with Crippen LogP contribution in [-0.2, 0) is 4.79 Å². The van der Waals surface area contributed by atoms with Crippen molar-refractivity contribution in [3.63, 3.8) is 0 Å². The van der Waals surface area contributed by atoms with E-state index in [1.807, 2.05) is 0 Å². The van der Waals surface area contributed by atoms with Gasteiger partial charge in [0, 0.05) is 11.8 Å². The van der Waals surface area contributed by atoms with Crippen LogP contribution in [-0.4, -0.2) is 5.78 Å². The normalized spacial score (nSPS) is 45.1. The maximum atomic E-state index is 12.2. The summed E-state index contributed by atoms with van der Waals surface area (Å²) in [7, 11) is 0. The summed E-state index contributed by atoms with van der Waals surface area (Å²) in [5.41, 5.74) is 0. The molecule has 0 aromatic carbocycles. The van der Waals surface area contributed by atoms with Gasteiger partial charge in [-0.3, -0.25) is 4.79 Å². The van der Waals surface area contributed by atoms with Crippen LogP contribution in [0.3, 0.4) is 0 Å². The topological polar surface area (TPSA) is 17.1 Å². The van der Waals surface area contributed by atoms with E-state index in [-0.39, 0.29) is 0 Å². The number of ketones is 1. The highest BCUT2D eigenvalue weighted by Gasteiger charge is 2.44. The number of hydrogen-bond acceptors (Lipinski definition) is 1. The zero-order valence-electron chi connectivity index (χ0n) is 10.3. The molecule has 0 aromatic heterocycles. The average Bonchev–Trinajstić information content (AvgIpc) is 3.00. The van der Waals surface area contributed by atoms with E-state index in [4.69, 9.17) is 0 Å². The van der Waals surface area contributed by atoms with Crippen LogP contribution in [0.2, 0.25) is 0 Å². The molecule has 2 fully saturated rings. The minimum Gasteiger partial charge on any atom is -0.299 e. The van der Waals surface area contributed by atoms with Crippen LogP contribution < -0.4 is 0 Å². The smallest absolute Gasteiger partial charge is 0.139 e. The maximum absolute atomic E-state index is 12.2. The molecule has 0 aromatic rings. The Morgan fingerprint density at radius 2 is 1.87 bits per heavy atom. The Bertz CT molecular complexity index is 246. The van der Waals surface area contributed by atoms with E-state index in [2.05, 4.69) is 20.8 Å². The third-order valence-corrected chi connectivity index (χ3v) is 4.81. The molecule has 0 N–H and O–H groups in total. The zero-order chi connectivity index (χ0) is 11.0. The van der Waals surface area contributed by atoms with E-state index in [1.54, 1.807) is 0 Å². The molecule has 0 radical (unpaired) electrons. The largest absolute Gasteiger partial charge is 0.299 e. The summed E-state index contributed by atoms with van der Waals surface area (Å²) in [4.78, 5) is 12.2. The fourth-order valence-electron chi connectivity index (χ4n) is 3.16. The van der Waals surface area contributed by atoms with Crippen LogP contribution in [0.1, 0.15) is 52.9 Å². The molecule has 1 heteroatoms. The third kappa shape index (κ3) is 2.26. The molecule has 2 saturated carbocycles. The van der Waals surface area contributed by atoms with Gasteiger partial charge >= 0.3 is 0 Å². The fourth-order valence-corrected chi connectivity index (χ4v) is 3.16. The van der Waals surface area contributed by atoms with E-state index in [0.29, 0.717) is 17.6 Å². The van der Waals surface area contributed by atoms with Gasteiger partial charge in [-0.2, -0.15) is 0 Å². The molecule has 0 heterocycles. The van der Waals surface area contributed by atoms with Crippen molar-refractivity contribution in [1.29, 1.82) is 0 Å². The molecule has 5 atom stereocenters. The molecule has 15 heavy (non-hydrogen) atoms. The van der Waals surface area contributed by atoms with Gasteiger partial charge in [0.2, 0.25) is 0 Å². The number of Topliss-reactive ketones (excluding diaryl/α,β-unsaturated/α-hetero) is 1. The van der Waals surface area contributed by atoms with Crippen molar-refractivity contribution in [1.82, 2.24) is 0 Å². The van der Waals surface area contributed by atoms with Crippen LogP contribution in [0.25, 0.3) is 0 Å². The SMILES string of the molecule is CC[C@@H]1C[C@H]1C(=O)C1CCC(C)C(C)C1. The van der Waals surface area contributed by atoms with Gasteiger partial charge in [0.25, 0.3) is 0 Å². The van der Waals surface area contributed by atoms with Crippen molar-refractivity contribution < 1.29 is 4.79 Å². The van der Waals surface area contributed by atoms with Gasteiger partial charge in [-0.25, -0.2) is 0 Å². The molecule has 0 aliphatic heterocycles. The lowest BCUT2D eigenvalue weighted by Gasteiger charge is -2.31. The Kier molecular flexibility index (Phi) is 3.18. The van der Waals surface area contributed by atoms with Crippen molar-refractivity contribution in [2.24, 2.45) is 29.6 Å². The van der Waals surface area contributed by atoms with Crippen LogP contribution >= 0.6 is 0 Å². The Labute approximate surface area is 93.6 Å². The molecular weight excluding hydrogens is 184 g/mol. The molecule has 0 amide bonds. The van der Waals surface area contributed by atoms with Crippen molar-refractivity contribution in [2.75, 3.05) is 0 Å². The van der Waals surface area contributed by atoms with E-state index in [9.17, 15) is 4.79 Å². The quantitative estimate of drug-likeness (QED) is 0.691. The first-order chi connectivity index (χ1) is 7.13. The minimum absolute atomic E-state index is 0.415. The Balaban J connectivity index is 1.87. The maximum Gasteiger partial charge on any atom is 0.139 e. The lowest BCUT2D eigenvalue weighted by atomic mass is 9.73. The van der Waals surface area contributed by atoms with Crippen LogP contribution in [0.15, 0.2) is 0 Å². The first kappa shape index (κ1) is 11.2. The molecule has 2 aliphatic carbocycles. The molecule has 0 bridgehead atoms. The molecule has 0 spiro atoms. The average molecular weight is 208 g/mol. The Hall–Kier alpha value is -0.330. The highest BCUT2D eigenvalue weighted by molar-refractivity contribution is 5.86. The minimum atomic E-state index is 0.415. The summed E-state index contributed by atoms with van der Waals surface area (Å²) in [6.07, 6.45) is 5.98. The third-order valence-electron chi connectivity index (χ3n) is 4.81. The van der Waals surface area contributed by atoms with E-state index < -0.39 is 0 Å². The lowest BCUT2D eigenvalue weighted by molar-refractivity contribution is -0.126. The lowest BCUT2D eigenvalue weighted by Crippen LogP contribution is -2.27. The predicted molar refractivity (Wildman–Crippen MR) is 62.6 cm³/mol. The van der Waals surface area contributed by atoms with Crippen LogP contribution in [0.4, 0.5) is 0 Å². The molecule has 0 saturated heterocycles. The molecule has 2 rings (SSSR count). The van der Waals surface area contributed by atoms with Gasteiger partial charge in [-0.1, -0.05) is 27.2 Å². The van der Waals surface area contributed by atoms with Gasteiger partial charge in [0.15, 0.2) is 0 Å². The second kappa shape index (κ2) is 4.27. The van der Waals surface area contributed by atoms with Gasteiger partial charge in [-0.15, -0.1) is 0 Å². The summed E-state index contributed by atoms with van der Waals surface area (Å²) in [6, 6.07) is 0. The van der Waals surface area contributed by atoms with Crippen molar-refractivity contribution in [3.05, 3.63) is 0 Å². The number of carbonyl (C=O) groups excluding carboxylic acids is 1. The Morgan fingerprint density at radius 3 is 2.40 bits per heavy atom. The van der Waals surface area contributed by atoms with Gasteiger partial charge in [-0.05, 0) is 43.4 Å². The summed E-state index contributed by atoms with van der Waals surface area (Å²) in [5.74, 6) is 3.81. The molecule has 1 nitrogen and oxygen atoms in total. The highest BCUT2D eigenvalue weighted by atomic mass is 16.1. The number of rotatable bonds is 3. The van der Waals surface area contributed by atoms with Gasteiger partial charge < -0.3 is 0 Å². The van der Waals surface area contributed by atoms with Crippen molar-refractivity contribution >= 4 is 5.78 Å². The zero-order valence-corrected chi connectivity index (χ0v) is 10.3. The van der Waals surface area contributed by atoms with Crippen LogP contribution in [0.5, 0.6) is 0 Å². The monoisotopic (exact) mass is 208 g/mol. The fraction of sp³-hybridized carbons (Fsp3) is 0.929. The van der Waals surface area contributed by atoms with Crippen molar-refractivity contribution in [3.8, 4) is 0 Å². The Morgan fingerprint density at radius 1 is 1.13 bits per heavy atom. The van der Waals surface area contributed by atoms with Crippen LogP contribution in [0, 0.1) is 29.6 Å². The second-order valence-corrected chi connectivity index (χ2v) is 5.88. The highest BCUT2D eigenvalue weighted by Crippen LogP contribution is 2.46. The summed E-state index contributed by atoms with van der Waals surface area (Å²) in [6.45, 7) is 6.86. The van der Waals surface area contributed by atoms with Gasteiger partial charge in [0.1, 0.15) is 5.78 Å². The summed E-state index contributed by atoms with van der Waals surface area (Å²) >= 11 is 0. The first-order valence-electron chi connectivity index (χ1n) is 6.67. The summed E-state index contributed by atoms with van der Waals surface area (Å²) in [5, 5.41) is 0. The predicted octanol–water partition coefficient (Wildman–Crippen LogP) is 3.67. The van der Waals surface area contributed by atoms with E-state index in [1.165, 1.54) is 19.3 Å². The first-order valence-corrected chi connectivity index (χ1v) is 6.67. The molecule has 3 unspecified atom stereocenters. The number of carbonyl (C=O) groups is 1.